The van der Waals surface area contributed by atoms with Gasteiger partial charge in [0.05, 0.1) is 4.47 Å². The summed E-state index contributed by atoms with van der Waals surface area (Å²) in [4.78, 5) is 11.4. The van der Waals surface area contributed by atoms with Gasteiger partial charge in [-0.2, -0.15) is 0 Å². The van der Waals surface area contributed by atoms with Gasteiger partial charge < -0.3 is 4.57 Å². The molecule has 66 valence electrons. The summed E-state index contributed by atoms with van der Waals surface area (Å²) in [6.45, 7) is 0.767. The molecule has 0 unspecified atom stereocenters. The normalized spacial score (nSPS) is 10.2. The van der Waals surface area contributed by atoms with Gasteiger partial charge in [0.15, 0.2) is 0 Å². The zero-order chi connectivity index (χ0) is 8.97. The van der Waals surface area contributed by atoms with Crippen molar-refractivity contribution >= 4 is 31.9 Å². The van der Waals surface area contributed by atoms with Crippen LogP contribution >= 0.6 is 31.9 Å². The zero-order valence-corrected chi connectivity index (χ0v) is 9.64. The molecular formula is C8H9Br2NO. The molecule has 0 amide bonds. The molecule has 0 aliphatic rings. The Bertz CT molecular complexity index is 308. The van der Waals surface area contributed by atoms with Crippen LogP contribution in [0.25, 0.3) is 0 Å². The van der Waals surface area contributed by atoms with Crippen molar-refractivity contribution in [2.45, 2.75) is 13.0 Å². The summed E-state index contributed by atoms with van der Waals surface area (Å²) in [6.07, 6.45) is 2.77. The first-order valence-corrected chi connectivity index (χ1v) is 5.58. The zero-order valence-electron chi connectivity index (χ0n) is 6.46. The van der Waals surface area contributed by atoms with Gasteiger partial charge in [0.25, 0.3) is 5.56 Å². The summed E-state index contributed by atoms with van der Waals surface area (Å²) in [6, 6.07) is 3.62. The first-order chi connectivity index (χ1) is 5.75. The molecule has 0 aliphatic carbocycles. The highest BCUT2D eigenvalue weighted by Crippen LogP contribution is 2.01. The molecule has 0 N–H and O–H groups in total. The number of aryl methyl sites for hydroxylation is 1. The second-order valence-corrected chi connectivity index (χ2v) is 4.04. The van der Waals surface area contributed by atoms with E-state index in [0.29, 0.717) is 4.47 Å². The van der Waals surface area contributed by atoms with E-state index in [-0.39, 0.29) is 5.56 Å². The maximum atomic E-state index is 11.4. The molecular weight excluding hydrogens is 286 g/mol. The Morgan fingerprint density at radius 2 is 2.25 bits per heavy atom. The van der Waals surface area contributed by atoms with Crippen LogP contribution in [0, 0.1) is 0 Å². The highest BCUT2D eigenvalue weighted by atomic mass is 79.9. The predicted octanol–water partition coefficient (Wildman–Crippen LogP) is 2.40. The predicted molar refractivity (Wildman–Crippen MR) is 56.8 cm³/mol. The highest BCUT2D eigenvalue weighted by molar-refractivity contribution is 9.10. The summed E-state index contributed by atoms with van der Waals surface area (Å²) >= 11 is 6.52. The molecule has 0 atom stereocenters. The van der Waals surface area contributed by atoms with Crippen molar-refractivity contribution in [1.29, 1.82) is 0 Å². The van der Waals surface area contributed by atoms with E-state index in [9.17, 15) is 4.79 Å². The van der Waals surface area contributed by atoms with Crippen molar-refractivity contribution in [3.63, 3.8) is 0 Å². The first kappa shape index (κ1) is 9.99. The lowest BCUT2D eigenvalue weighted by molar-refractivity contribution is 0.657. The maximum absolute atomic E-state index is 11.4. The van der Waals surface area contributed by atoms with Gasteiger partial charge in [-0.15, -0.1) is 0 Å². The third-order valence-corrected chi connectivity index (χ3v) is 2.67. The maximum Gasteiger partial charge on any atom is 0.264 e. The number of nitrogens with zero attached hydrogens (tertiary/aromatic N) is 1. The van der Waals surface area contributed by atoms with Crippen molar-refractivity contribution in [1.82, 2.24) is 4.57 Å². The molecule has 2 nitrogen and oxygen atoms in total. The van der Waals surface area contributed by atoms with Gasteiger partial charge in [-0.05, 0) is 34.5 Å². The molecule has 0 saturated carbocycles. The number of halogens is 2. The average molecular weight is 295 g/mol. The van der Waals surface area contributed by atoms with Gasteiger partial charge in [0, 0.05) is 18.1 Å². The number of hydrogen-bond donors (Lipinski definition) is 0. The molecule has 1 aromatic rings. The Labute approximate surface area is 87.9 Å². The fourth-order valence-corrected chi connectivity index (χ4v) is 1.54. The molecule has 1 rings (SSSR count). The van der Waals surface area contributed by atoms with Gasteiger partial charge >= 0.3 is 0 Å². The topological polar surface area (TPSA) is 22.0 Å². The van der Waals surface area contributed by atoms with E-state index >= 15 is 0 Å². The van der Waals surface area contributed by atoms with Crippen LogP contribution in [0.4, 0.5) is 0 Å². The summed E-state index contributed by atoms with van der Waals surface area (Å²) in [7, 11) is 0. The standard InChI is InChI=1S/C8H9Br2NO/c9-4-2-6-11-5-1-3-7(10)8(11)12/h1,3,5H,2,4,6H2. The number of alkyl halides is 1. The lowest BCUT2D eigenvalue weighted by Gasteiger charge is -2.02. The van der Waals surface area contributed by atoms with E-state index in [2.05, 4.69) is 31.9 Å². The van der Waals surface area contributed by atoms with Crippen molar-refractivity contribution < 1.29 is 0 Å². The summed E-state index contributed by atoms with van der Waals surface area (Å²) in [5, 5.41) is 0.923. The molecule has 4 heteroatoms. The molecule has 1 heterocycles. The van der Waals surface area contributed by atoms with Crippen LogP contribution in [0.5, 0.6) is 0 Å². The molecule has 0 fully saturated rings. The van der Waals surface area contributed by atoms with Crippen molar-refractivity contribution in [2.75, 3.05) is 5.33 Å². The van der Waals surface area contributed by atoms with E-state index in [1.165, 1.54) is 0 Å². The summed E-state index contributed by atoms with van der Waals surface area (Å²) < 4.78 is 2.32. The number of pyridine rings is 1. The Balaban J connectivity index is 2.85. The summed E-state index contributed by atoms with van der Waals surface area (Å²) in [5.41, 5.74) is 0.0402. The van der Waals surface area contributed by atoms with Crippen molar-refractivity contribution in [3.05, 3.63) is 33.2 Å². The molecule has 0 aromatic carbocycles. The Morgan fingerprint density at radius 3 is 2.92 bits per heavy atom. The van der Waals surface area contributed by atoms with Crippen molar-refractivity contribution in [3.8, 4) is 0 Å². The number of hydrogen-bond acceptors (Lipinski definition) is 1. The largest absolute Gasteiger partial charge is 0.315 e. The smallest absolute Gasteiger partial charge is 0.264 e. The molecule has 0 bridgehead atoms. The van der Waals surface area contributed by atoms with Crippen LogP contribution in [0.2, 0.25) is 0 Å². The molecule has 1 aromatic heterocycles. The molecule has 0 aliphatic heterocycles. The Kier molecular flexibility index (Phi) is 4.01. The lowest BCUT2D eigenvalue weighted by Crippen LogP contribution is -2.19. The minimum atomic E-state index is 0.0402. The second-order valence-electron chi connectivity index (χ2n) is 2.40. The van der Waals surface area contributed by atoms with Crippen LogP contribution in [-0.2, 0) is 6.54 Å². The third kappa shape index (κ3) is 2.45. The van der Waals surface area contributed by atoms with Crippen molar-refractivity contribution in [2.24, 2.45) is 0 Å². The van der Waals surface area contributed by atoms with Gasteiger partial charge in [-0.25, -0.2) is 0 Å². The van der Waals surface area contributed by atoms with Gasteiger partial charge in [-0.1, -0.05) is 15.9 Å². The van der Waals surface area contributed by atoms with Crippen LogP contribution in [-0.4, -0.2) is 9.90 Å². The Hall–Kier alpha value is -0.0900. The van der Waals surface area contributed by atoms with Crippen LogP contribution in [0.15, 0.2) is 27.6 Å². The molecule has 12 heavy (non-hydrogen) atoms. The third-order valence-electron chi connectivity index (χ3n) is 1.51. The number of aromatic nitrogens is 1. The second kappa shape index (κ2) is 4.82. The first-order valence-electron chi connectivity index (χ1n) is 3.66. The van der Waals surface area contributed by atoms with Crippen LogP contribution in [0.3, 0.4) is 0 Å². The van der Waals surface area contributed by atoms with E-state index in [1.54, 1.807) is 16.8 Å². The molecule has 0 saturated heterocycles. The molecule has 0 spiro atoms. The van der Waals surface area contributed by atoms with E-state index in [0.717, 1.165) is 18.3 Å². The molecule has 0 radical (unpaired) electrons. The quantitative estimate of drug-likeness (QED) is 0.785. The fourth-order valence-electron chi connectivity index (χ4n) is 0.914. The SMILES string of the molecule is O=c1c(Br)cccn1CCCBr. The monoisotopic (exact) mass is 293 g/mol. The van der Waals surface area contributed by atoms with Crippen LogP contribution in [0.1, 0.15) is 6.42 Å². The lowest BCUT2D eigenvalue weighted by atomic mass is 10.4. The van der Waals surface area contributed by atoms with Crippen LogP contribution < -0.4 is 5.56 Å². The average Bonchev–Trinajstić information content (AvgIpc) is 2.08. The minimum Gasteiger partial charge on any atom is -0.315 e. The van der Waals surface area contributed by atoms with E-state index in [4.69, 9.17) is 0 Å². The van der Waals surface area contributed by atoms with Gasteiger partial charge in [0.2, 0.25) is 0 Å². The Morgan fingerprint density at radius 1 is 1.50 bits per heavy atom. The van der Waals surface area contributed by atoms with Gasteiger partial charge in [-0.3, -0.25) is 4.79 Å². The van der Waals surface area contributed by atoms with Gasteiger partial charge in [0.1, 0.15) is 0 Å². The van der Waals surface area contributed by atoms with E-state index < -0.39 is 0 Å². The minimum absolute atomic E-state index is 0.0402. The number of rotatable bonds is 3. The fraction of sp³-hybridized carbons (Fsp3) is 0.375. The highest BCUT2D eigenvalue weighted by Gasteiger charge is 1.97. The summed E-state index contributed by atoms with van der Waals surface area (Å²) in [5.74, 6) is 0. The van der Waals surface area contributed by atoms with E-state index in [1.807, 2.05) is 6.07 Å².